The Kier molecular flexibility index (Phi) is 4.16. The Morgan fingerprint density at radius 2 is 2.26 bits per heavy atom. The highest BCUT2D eigenvalue weighted by atomic mass is 32.1. The number of anilines is 2. The largest absolute Gasteiger partial charge is 0.399 e. The van der Waals surface area contributed by atoms with Gasteiger partial charge in [0, 0.05) is 10.6 Å². The minimum atomic E-state index is -0.0676. The third-order valence-corrected chi connectivity index (χ3v) is 3.72. The van der Waals surface area contributed by atoms with Gasteiger partial charge in [-0.15, -0.1) is 11.3 Å². The van der Waals surface area contributed by atoms with Crippen molar-refractivity contribution in [1.29, 1.82) is 0 Å². The lowest BCUT2D eigenvalue weighted by Gasteiger charge is -2.02. The maximum Gasteiger partial charge on any atom is 0.230 e. The number of carbonyl (C=O) groups is 1. The number of rotatable bonds is 4. The van der Waals surface area contributed by atoms with Crippen LogP contribution in [0, 0.1) is 6.92 Å². The quantitative estimate of drug-likeness (QED) is 0.843. The van der Waals surface area contributed by atoms with E-state index < -0.39 is 0 Å². The Hall–Kier alpha value is -1.88. The summed E-state index contributed by atoms with van der Waals surface area (Å²) in [6.07, 6.45) is 1.19. The number of hydrogen-bond acceptors (Lipinski definition) is 4. The van der Waals surface area contributed by atoms with Gasteiger partial charge in [-0.25, -0.2) is 4.98 Å². The van der Waals surface area contributed by atoms with Crippen LogP contribution in [0.1, 0.15) is 23.1 Å². The van der Waals surface area contributed by atoms with Crippen LogP contribution >= 0.6 is 11.3 Å². The van der Waals surface area contributed by atoms with Crippen LogP contribution in [0.4, 0.5) is 10.8 Å². The molecule has 3 N–H and O–H groups in total. The Balaban J connectivity index is 2.01. The van der Waals surface area contributed by atoms with E-state index >= 15 is 0 Å². The molecule has 5 heteroatoms. The molecular weight excluding hydrogens is 258 g/mol. The van der Waals surface area contributed by atoms with Crippen LogP contribution in [0.3, 0.4) is 0 Å². The summed E-state index contributed by atoms with van der Waals surface area (Å²) < 4.78 is 0. The van der Waals surface area contributed by atoms with Crippen LogP contribution in [0.15, 0.2) is 24.3 Å². The van der Waals surface area contributed by atoms with E-state index in [-0.39, 0.29) is 5.91 Å². The predicted molar refractivity (Wildman–Crippen MR) is 79.4 cm³/mol. The van der Waals surface area contributed by atoms with Crippen LogP contribution < -0.4 is 11.1 Å². The van der Waals surface area contributed by atoms with Crippen LogP contribution in [0.25, 0.3) is 0 Å². The fourth-order valence-corrected chi connectivity index (χ4v) is 2.78. The Morgan fingerprint density at radius 1 is 1.47 bits per heavy atom. The zero-order valence-corrected chi connectivity index (χ0v) is 11.9. The molecule has 1 aromatic carbocycles. The zero-order valence-electron chi connectivity index (χ0n) is 11.1. The summed E-state index contributed by atoms with van der Waals surface area (Å²) in [5.41, 5.74) is 8.31. The minimum Gasteiger partial charge on any atom is -0.399 e. The van der Waals surface area contributed by atoms with E-state index in [0.29, 0.717) is 17.2 Å². The molecule has 2 aromatic rings. The molecule has 0 aliphatic rings. The van der Waals surface area contributed by atoms with Crippen molar-refractivity contribution in [3.8, 4) is 0 Å². The molecule has 1 aromatic heterocycles. The first-order valence-corrected chi connectivity index (χ1v) is 7.00. The van der Waals surface area contributed by atoms with Crippen LogP contribution in [0.5, 0.6) is 0 Å². The average Bonchev–Trinajstić information content (AvgIpc) is 2.69. The predicted octanol–water partition coefficient (Wildman–Crippen LogP) is 2.78. The van der Waals surface area contributed by atoms with Gasteiger partial charge in [0.2, 0.25) is 5.91 Å². The van der Waals surface area contributed by atoms with Crippen LogP contribution in [0.2, 0.25) is 0 Å². The molecular formula is C14H17N3OS. The summed E-state index contributed by atoms with van der Waals surface area (Å²) in [5, 5.41) is 3.50. The summed E-state index contributed by atoms with van der Waals surface area (Å²) in [7, 11) is 0. The molecule has 1 heterocycles. The summed E-state index contributed by atoms with van der Waals surface area (Å²) >= 11 is 1.51. The van der Waals surface area contributed by atoms with Crippen molar-refractivity contribution in [3.63, 3.8) is 0 Å². The topological polar surface area (TPSA) is 68.0 Å². The number of nitrogen functional groups attached to an aromatic ring is 1. The van der Waals surface area contributed by atoms with E-state index in [4.69, 9.17) is 5.73 Å². The van der Waals surface area contributed by atoms with E-state index in [1.165, 1.54) is 11.3 Å². The van der Waals surface area contributed by atoms with Crippen LogP contribution in [-0.4, -0.2) is 10.9 Å². The van der Waals surface area contributed by atoms with Crippen molar-refractivity contribution in [2.45, 2.75) is 26.7 Å². The molecule has 100 valence electrons. The van der Waals surface area contributed by atoms with Gasteiger partial charge < -0.3 is 11.1 Å². The number of nitrogens with zero attached hydrogens (tertiary/aromatic N) is 1. The summed E-state index contributed by atoms with van der Waals surface area (Å²) in [6.45, 7) is 4.07. The average molecular weight is 275 g/mol. The SMILES string of the molecule is CCc1nc(NC(=O)Cc2cccc(N)c2)sc1C. The normalized spacial score (nSPS) is 10.4. The lowest BCUT2D eigenvalue weighted by Crippen LogP contribution is -2.14. The highest BCUT2D eigenvalue weighted by Crippen LogP contribution is 2.22. The molecule has 4 nitrogen and oxygen atoms in total. The number of aromatic nitrogens is 1. The van der Waals surface area contributed by atoms with Gasteiger partial charge in [-0.1, -0.05) is 19.1 Å². The minimum absolute atomic E-state index is 0.0676. The van der Waals surface area contributed by atoms with Gasteiger partial charge in [0.1, 0.15) is 0 Å². The molecule has 0 atom stereocenters. The molecule has 0 radical (unpaired) electrons. The number of thiazole rings is 1. The van der Waals surface area contributed by atoms with Gasteiger partial charge in [-0.2, -0.15) is 0 Å². The van der Waals surface area contributed by atoms with E-state index in [1.807, 2.05) is 25.1 Å². The Morgan fingerprint density at radius 3 is 2.89 bits per heavy atom. The highest BCUT2D eigenvalue weighted by Gasteiger charge is 2.09. The van der Waals surface area contributed by atoms with Crippen molar-refractivity contribution in [2.24, 2.45) is 0 Å². The Labute approximate surface area is 116 Å². The fraction of sp³-hybridized carbons (Fsp3) is 0.286. The van der Waals surface area contributed by atoms with Gasteiger partial charge >= 0.3 is 0 Å². The number of carbonyl (C=O) groups excluding carboxylic acids is 1. The van der Waals surface area contributed by atoms with Gasteiger partial charge in [-0.05, 0) is 31.0 Å². The molecule has 0 saturated carbocycles. The highest BCUT2D eigenvalue weighted by molar-refractivity contribution is 7.15. The first kappa shape index (κ1) is 13.5. The van der Waals surface area contributed by atoms with Crippen molar-refractivity contribution in [2.75, 3.05) is 11.1 Å². The second kappa shape index (κ2) is 5.84. The molecule has 0 bridgehead atoms. The number of nitrogens with one attached hydrogen (secondary N) is 1. The molecule has 0 spiro atoms. The molecule has 0 saturated heterocycles. The third-order valence-electron chi connectivity index (χ3n) is 2.79. The van der Waals surface area contributed by atoms with Gasteiger partial charge in [0.05, 0.1) is 12.1 Å². The number of nitrogens with two attached hydrogens (primary N) is 1. The number of amides is 1. The number of hydrogen-bond donors (Lipinski definition) is 2. The monoisotopic (exact) mass is 275 g/mol. The second-order valence-electron chi connectivity index (χ2n) is 4.35. The van der Waals surface area contributed by atoms with E-state index in [2.05, 4.69) is 17.2 Å². The molecule has 19 heavy (non-hydrogen) atoms. The molecule has 0 aliphatic carbocycles. The lowest BCUT2D eigenvalue weighted by atomic mass is 10.1. The van der Waals surface area contributed by atoms with Crippen molar-refractivity contribution >= 4 is 28.1 Å². The first-order valence-electron chi connectivity index (χ1n) is 6.19. The number of benzene rings is 1. The second-order valence-corrected chi connectivity index (χ2v) is 5.55. The maximum absolute atomic E-state index is 11.9. The zero-order chi connectivity index (χ0) is 13.8. The van der Waals surface area contributed by atoms with E-state index in [9.17, 15) is 4.79 Å². The van der Waals surface area contributed by atoms with Crippen molar-refractivity contribution in [3.05, 3.63) is 40.4 Å². The smallest absolute Gasteiger partial charge is 0.230 e. The summed E-state index contributed by atoms with van der Waals surface area (Å²) in [6, 6.07) is 7.35. The third kappa shape index (κ3) is 3.54. The van der Waals surface area contributed by atoms with Crippen molar-refractivity contribution in [1.82, 2.24) is 4.98 Å². The van der Waals surface area contributed by atoms with Crippen molar-refractivity contribution < 1.29 is 4.79 Å². The van der Waals surface area contributed by atoms with Gasteiger partial charge in [-0.3, -0.25) is 4.79 Å². The Bertz CT molecular complexity index is 592. The maximum atomic E-state index is 11.9. The molecule has 0 aliphatic heterocycles. The molecule has 2 rings (SSSR count). The summed E-state index contributed by atoms with van der Waals surface area (Å²) in [5.74, 6) is -0.0676. The van der Waals surface area contributed by atoms with Crippen LogP contribution in [-0.2, 0) is 17.6 Å². The van der Waals surface area contributed by atoms with Gasteiger partial charge in [0.25, 0.3) is 0 Å². The summed E-state index contributed by atoms with van der Waals surface area (Å²) in [4.78, 5) is 17.5. The van der Waals surface area contributed by atoms with E-state index in [1.54, 1.807) is 6.07 Å². The fourth-order valence-electron chi connectivity index (χ4n) is 1.86. The van der Waals surface area contributed by atoms with E-state index in [0.717, 1.165) is 22.6 Å². The molecule has 1 amide bonds. The lowest BCUT2D eigenvalue weighted by molar-refractivity contribution is -0.115. The standard InChI is InChI=1S/C14H17N3OS/c1-3-12-9(2)19-14(16-12)17-13(18)8-10-5-4-6-11(15)7-10/h4-7H,3,8,15H2,1-2H3,(H,16,17,18). The molecule has 0 fully saturated rings. The molecule has 0 unspecified atom stereocenters. The first-order chi connectivity index (χ1) is 9.08. The number of aryl methyl sites for hydroxylation is 2. The van der Waals surface area contributed by atoms with Gasteiger partial charge in [0.15, 0.2) is 5.13 Å².